The monoisotopic (exact) mass is 359 g/mol. The van der Waals surface area contributed by atoms with Crippen molar-refractivity contribution in [3.63, 3.8) is 0 Å². The Morgan fingerprint density at radius 1 is 1.38 bits per heavy atom. The molecule has 6 heteroatoms. The summed E-state index contributed by atoms with van der Waals surface area (Å²) in [6, 6.07) is 6.20. The molecule has 1 amide bonds. The van der Waals surface area contributed by atoms with E-state index in [1.165, 1.54) is 6.07 Å². The molecule has 26 heavy (non-hydrogen) atoms. The maximum Gasteiger partial charge on any atom is 0.257 e. The lowest BCUT2D eigenvalue weighted by Crippen LogP contribution is -2.30. The largest absolute Gasteiger partial charge is 0.381 e. The molecule has 3 rings (SSSR count). The third-order valence-corrected chi connectivity index (χ3v) is 5.36. The van der Waals surface area contributed by atoms with Crippen LogP contribution >= 0.6 is 0 Å². The van der Waals surface area contributed by atoms with E-state index in [4.69, 9.17) is 4.74 Å². The minimum absolute atomic E-state index is 0.142. The Hall–Kier alpha value is -2.21. The molecule has 0 spiro atoms. The lowest BCUT2D eigenvalue weighted by molar-refractivity contribution is 0.0598. The summed E-state index contributed by atoms with van der Waals surface area (Å²) in [5, 5.41) is 4.42. The van der Waals surface area contributed by atoms with E-state index < -0.39 is 0 Å². The van der Waals surface area contributed by atoms with Crippen LogP contribution in [0.2, 0.25) is 0 Å². The van der Waals surface area contributed by atoms with Crippen LogP contribution in [0.25, 0.3) is 0 Å². The molecule has 0 radical (unpaired) electrons. The predicted octanol–water partition coefficient (Wildman–Crippen LogP) is 3.59. The summed E-state index contributed by atoms with van der Waals surface area (Å²) in [7, 11) is 1.70. The standard InChI is InChI=1S/C20H26FN3O2/c1-14(17-6-4-5-7-19(17)21)23(3)20(25)18-12-22-24(15(18)2)13-16-8-10-26-11-9-16/h4-7,12,14,16H,8-11,13H2,1-3H3. The summed E-state index contributed by atoms with van der Waals surface area (Å²) >= 11 is 0. The minimum atomic E-state index is -0.359. The third kappa shape index (κ3) is 3.80. The van der Waals surface area contributed by atoms with Gasteiger partial charge in [0.1, 0.15) is 5.82 Å². The Kier molecular flexibility index (Phi) is 5.71. The van der Waals surface area contributed by atoms with Gasteiger partial charge in [0, 0.05) is 38.1 Å². The molecule has 1 aromatic carbocycles. The molecule has 0 N–H and O–H groups in total. The topological polar surface area (TPSA) is 47.4 Å². The van der Waals surface area contributed by atoms with Crippen molar-refractivity contribution in [1.82, 2.24) is 14.7 Å². The molecule has 1 aliphatic rings. The van der Waals surface area contributed by atoms with Gasteiger partial charge in [-0.25, -0.2) is 4.39 Å². The number of nitrogens with zero attached hydrogens (tertiary/aromatic N) is 3. The number of carbonyl (C=O) groups is 1. The molecule has 1 aromatic heterocycles. The SMILES string of the molecule is Cc1c(C(=O)N(C)C(C)c2ccccc2F)cnn1CC1CCOCC1. The summed E-state index contributed by atoms with van der Waals surface area (Å²) in [6.45, 7) is 6.13. The van der Waals surface area contributed by atoms with E-state index >= 15 is 0 Å². The van der Waals surface area contributed by atoms with Crippen LogP contribution in [0.1, 0.15) is 47.4 Å². The fraction of sp³-hybridized carbons (Fsp3) is 0.500. The molecule has 2 heterocycles. The molecule has 1 saturated heterocycles. The van der Waals surface area contributed by atoms with Gasteiger partial charge in [0.2, 0.25) is 0 Å². The second-order valence-electron chi connectivity index (χ2n) is 7.00. The molecule has 1 unspecified atom stereocenters. The minimum Gasteiger partial charge on any atom is -0.381 e. The van der Waals surface area contributed by atoms with Crippen LogP contribution in [0, 0.1) is 18.7 Å². The van der Waals surface area contributed by atoms with Gasteiger partial charge in [0.15, 0.2) is 0 Å². The fourth-order valence-electron chi connectivity index (χ4n) is 3.40. The molecule has 0 aliphatic carbocycles. The molecule has 0 saturated carbocycles. The van der Waals surface area contributed by atoms with Gasteiger partial charge in [-0.05, 0) is 38.7 Å². The quantitative estimate of drug-likeness (QED) is 0.820. The number of rotatable bonds is 5. The highest BCUT2D eigenvalue weighted by Gasteiger charge is 2.25. The fourth-order valence-corrected chi connectivity index (χ4v) is 3.40. The average Bonchev–Trinajstić information content (AvgIpc) is 3.01. The van der Waals surface area contributed by atoms with E-state index in [2.05, 4.69) is 5.10 Å². The Bertz CT molecular complexity index is 768. The predicted molar refractivity (Wildman–Crippen MR) is 97.4 cm³/mol. The van der Waals surface area contributed by atoms with Crippen molar-refractivity contribution in [2.24, 2.45) is 5.92 Å². The van der Waals surface area contributed by atoms with E-state index in [0.717, 1.165) is 38.3 Å². The highest BCUT2D eigenvalue weighted by Crippen LogP contribution is 2.24. The lowest BCUT2D eigenvalue weighted by atomic mass is 10.0. The van der Waals surface area contributed by atoms with Crippen LogP contribution in [0.3, 0.4) is 0 Å². The second-order valence-corrected chi connectivity index (χ2v) is 7.00. The van der Waals surface area contributed by atoms with Crippen LogP contribution in [0.15, 0.2) is 30.5 Å². The van der Waals surface area contributed by atoms with Crippen LogP contribution in [-0.4, -0.2) is 40.8 Å². The van der Waals surface area contributed by atoms with Gasteiger partial charge in [0.25, 0.3) is 5.91 Å². The summed E-state index contributed by atoms with van der Waals surface area (Å²) in [4.78, 5) is 14.5. The number of benzene rings is 1. The molecule has 1 fully saturated rings. The normalized spacial score (nSPS) is 16.5. The first-order chi connectivity index (χ1) is 12.5. The summed E-state index contributed by atoms with van der Waals surface area (Å²) < 4.78 is 21.4. The van der Waals surface area contributed by atoms with Crippen molar-refractivity contribution in [3.05, 3.63) is 53.1 Å². The Balaban J connectivity index is 1.74. The van der Waals surface area contributed by atoms with Gasteiger partial charge in [0.05, 0.1) is 17.8 Å². The number of aromatic nitrogens is 2. The maximum atomic E-state index is 14.0. The summed E-state index contributed by atoms with van der Waals surface area (Å²) in [5.41, 5.74) is 1.94. The van der Waals surface area contributed by atoms with Crippen LogP contribution in [0.4, 0.5) is 4.39 Å². The lowest BCUT2D eigenvalue weighted by Gasteiger charge is -2.26. The number of hydrogen-bond acceptors (Lipinski definition) is 3. The van der Waals surface area contributed by atoms with Gasteiger partial charge in [-0.2, -0.15) is 5.10 Å². The molecule has 1 aliphatic heterocycles. The van der Waals surface area contributed by atoms with Gasteiger partial charge in [-0.1, -0.05) is 18.2 Å². The first-order valence-corrected chi connectivity index (χ1v) is 9.10. The smallest absolute Gasteiger partial charge is 0.257 e. The van der Waals surface area contributed by atoms with Crippen molar-refractivity contribution in [1.29, 1.82) is 0 Å². The highest BCUT2D eigenvalue weighted by atomic mass is 19.1. The van der Waals surface area contributed by atoms with E-state index in [-0.39, 0.29) is 17.8 Å². The summed E-state index contributed by atoms with van der Waals surface area (Å²) in [5.74, 6) is 0.0865. The molecule has 5 nitrogen and oxygen atoms in total. The zero-order chi connectivity index (χ0) is 18.7. The Morgan fingerprint density at radius 2 is 2.08 bits per heavy atom. The van der Waals surface area contributed by atoms with E-state index in [1.807, 2.05) is 18.5 Å². The summed E-state index contributed by atoms with van der Waals surface area (Å²) in [6.07, 6.45) is 3.67. The van der Waals surface area contributed by atoms with Gasteiger partial charge in [-0.15, -0.1) is 0 Å². The number of ether oxygens (including phenoxy) is 1. The number of halogens is 1. The van der Waals surface area contributed by atoms with Gasteiger partial charge in [-0.3, -0.25) is 9.48 Å². The number of hydrogen-bond donors (Lipinski definition) is 0. The van der Waals surface area contributed by atoms with Crippen molar-refractivity contribution in [2.45, 2.75) is 39.3 Å². The molecule has 140 valence electrons. The van der Waals surface area contributed by atoms with Gasteiger partial charge < -0.3 is 9.64 Å². The van der Waals surface area contributed by atoms with Crippen molar-refractivity contribution in [2.75, 3.05) is 20.3 Å². The van der Waals surface area contributed by atoms with Crippen molar-refractivity contribution >= 4 is 5.91 Å². The van der Waals surface area contributed by atoms with Crippen LogP contribution < -0.4 is 0 Å². The zero-order valence-electron chi connectivity index (χ0n) is 15.6. The first-order valence-electron chi connectivity index (χ1n) is 9.10. The van der Waals surface area contributed by atoms with E-state index in [0.29, 0.717) is 17.0 Å². The molecular weight excluding hydrogens is 333 g/mol. The molecule has 2 aromatic rings. The molecule has 1 atom stereocenters. The second kappa shape index (κ2) is 7.99. The van der Waals surface area contributed by atoms with Crippen molar-refractivity contribution in [3.8, 4) is 0 Å². The molecular formula is C20H26FN3O2. The Morgan fingerprint density at radius 3 is 2.77 bits per heavy atom. The molecule has 0 bridgehead atoms. The average molecular weight is 359 g/mol. The van der Waals surface area contributed by atoms with E-state index in [9.17, 15) is 9.18 Å². The maximum absolute atomic E-state index is 14.0. The third-order valence-electron chi connectivity index (χ3n) is 5.36. The Labute approximate surface area is 153 Å². The van der Waals surface area contributed by atoms with E-state index in [1.54, 1.807) is 36.3 Å². The van der Waals surface area contributed by atoms with Crippen molar-refractivity contribution < 1.29 is 13.9 Å². The van der Waals surface area contributed by atoms with Crippen LogP contribution in [-0.2, 0) is 11.3 Å². The highest BCUT2D eigenvalue weighted by molar-refractivity contribution is 5.95. The number of amides is 1. The number of carbonyl (C=O) groups excluding carboxylic acids is 1. The van der Waals surface area contributed by atoms with Gasteiger partial charge >= 0.3 is 0 Å². The zero-order valence-corrected chi connectivity index (χ0v) is 15.6. The first kappa shape index (κ1) is 18.6. The van der Waals surface area contributed by atoms with Crippen LogP contribution in [0.5, 0.6) is 0 Å².